The van der Waals surface area contributed by atoms with Crippen LogP contribution in [0.5, 0.6) is 0 Å². The van der Waals surface area contributed by atoms with Gasteiger partial charge in [-0.2, -0.15) is 0 Å². The molecule has 2 aliphatic rings. The van der Waals surface area contributed by atoms with Crippen LogP contribution in [0, 0.1) is 17.8 Å². The SMILES string of the molecule is [Li][CH]1C(C)CC2C=CC=CC21. The molecule has 0 nitrogen and oxygen atoms in total. The zero-order valence-corrected chi connectivity index (χ0v) is 7.33. The molecule has 4 unspecified atom stereocenters. The molecule has 1 fully saturated rings. The Morgan fingerprint density at radius 1 is 1.27 bits per heavy atom. The molecule has 0 aromatic heterocycles. The molecule has 1 heteroatoms. The molecule has 2 aliphatic carbocycles. The molecule has 4 atom stereocenters. The third-order valence-corrected chi connectivity index (χ3v) is 3.45. The number of hydrogen-bond donors (Lipinski definition) is 0. The summed E-state index contributed by atoms with van der Waals surface area (Å²) < 4.78 is 0.890. The molecule has 0 aliphatic heterocycles. The van der Waals surface area contributed by atoms with Gasteiger partial charge in [0, 0.05) is 0 Å². The van der Waals surface area contributed by atoms with Crippen LogP contribution < -0.4 is 0 Å². The second-order valence-electron chi connectivity index (χ2n) is 4.08. The second-order valence-corrected chi connectivity index (χ2v) is 4.08. The fourth-order valence-electron chi connectivity index (χ4n) is 2.49. The summed E-state index contributed by atoms with van der Waals surface area (Å²) >= 11 is 2.39. The molecule has 2 rings (SSSR count). The van der Waals surface area contributed by atoms with Crippen LogP contribution >= 0.6 is 0 Å². The number of rotatable bonds is 0. The molecule has 0 spiro atoms. The van der Waals surface area contributed by atoms with E-state index in [2.05, 4.69) is 48.9 Å². The van der Waals surface area contributed by atoms with E-state index < -0.39 is 0 Å². The van der Waals surface area contributed by atoms with Crippen molar-refractivity contribution < 1.29 is 0 Å². The first-order chi connectivity index (χ1) is 5.29. The normalized spacial score (nSPS) is 47.9. The Bertz CT molecular complexity index is 205. The molecule has 0 aromatic rings. The molecule has 0 saturated heterocycles. The predicted molar refractivity (Wildman–Crippen MR) is 48.5 cm³/mol. The van der Waals surface area contributed by atoms with Crippen molar-refractivity contribution in [2.45, 2.75) is 17.9 Å². The van der Waals surface area contributed by atoms with Crippen molar-refractivity contribution in [3.63, 3.8) is 0 Å². The van der Waals surface area contributed by atoms with Crippen LogP contribution in [0.3, 0.4) is 0 Å². The predicted octanol–water partition coefficient (Wildman–Crippen LogP) is 2.34. The van der Waals surface area contributed by atoms with Crippen LogP contribution in [0.4, 0.5) is 0 Å². The van der Waals surface area contributed by atoms with Gasteiger partial charge in [-0.05, 0) is 0 Å². The van der Waals surface area contributed by atoms with Crippen LogP contribution in [0.2, 0.25) is 4.59 Å². The van der Waals surface area contributed by atoms with Gasteiger partial charge in [0.2, 0.25) is 0 Å². The van der Waals surface area contributed by atoms with Crippen molar-refractivity contribution >= 4 is 17.7 Å². The Morgan fingerprint density at radius 3 is 2.73 bits per heavy atom. The molecule has 0 bridgehead atoms. The van der Waals surface area contributed by atoms with E-state index in [0.29, 0.717) is 0 Å². The van der Waals surface area contributed by atoms with Gasteiger partial charge in [0.15, 0.2) is 0 Å². The zero-order chi connectivity index (χ0) is 7.84. The van der Waals surface area contributed by atoms with Gasteiger partial charge >= 0.3 is 77.7 Å². The Kier molecular flexibility index (Phi) is 2.00. The van der Waals surface area contributed by atoms with E-state index in [1.54, 1.807) is 0 Å². The number of fused-ring (bicyclic) bond motifs is 1. The van der Waals surface area contributed by atoms with Gasteiger partial charge in [0.1, 0.15) is 0 Å². The van der Waals surface area contributed by atoms with Gasteiger partial charge in [-0.3, -0.25) is 0 Å². The summed E-state index contributed by atoms with van der Waals surface area (Å²) in [5, 5.41) is 0. The third-order valence-electron chi connectivity index (χ3n) is 3.45. The summed E-state index contributed by atoms with van der Waals surface area (Å²) in [6.45, 7) is 2.38. The van der Waals surface area contributed by atoms with Crippen molar-refractivity contribution in [2.75, 3.05) is 0 Å². The van der Waals surface area contributed by atoms with Crippen molar-refractivity contribution in [3.05, 3.63) is 24.3 Å². The van der Waals surface area contributed by atoms with Crippen LogP contribution in [0.1, 0.15) is 13.3 Å². The Labute approximate surface area is 78.0 Å². The summed E-state index contributed by atoms with van der Waals surface area (Å²) in [7, 11) is 0. The average Bonchev–Trinajstić information content (AvgIpc) is 2.30. The third kappa shape index (κ3) is 1.23. The summed E-state index contributed by atoms with van der Waals surface area (Å²) in [6.07, 6.45) is 10.6. The van der Waals surface area contributed by atoms with E-state index >= 15 is 0 Å². The van der Waals surface area contributed by atoms with Crippen LogP contribution in [-0.2, 0) is 0 Å². The first kappa shape index (κ1) is 7.71. The van der Waals surface area contributed by atoms with Crippen LogP contribution in [0.25, 0.3) is 0 Å². The number of allylic oxidation sites excluding steroid dienone is 4. The van der Waals surface area contributed by atoms with Gasteiger partial charge in [0.25, 0.3) is 0 Å². The Hall–Kier alpha value is 0.0774. The standard InChI is InChI=1S/C10H13.Li/c1-8-6-9-4-2-3-5-10(9)7-8;/h2-6,8-10H,7H2,1H3;. The Morgan fingerprint density at radius 2 is 2.00 bits per heavy atom. The molecule has 1 saturated carbocycles. The zero-order valence-electron chi connectivity index (χ0n) is 7.33. The van der Waals surface area contributed by atoms with Crippen molar-refractivity contribution in [3.8, 4) is 0 Å². The summed E-state index contributed by atoms with van der Waals surface area (Å²) in [4.78, 5) is 0. The van der Waals surface area contributed by atoms with Crippen molar-refractivity contribution in [1.29, 1.82) is 0 Å². The van der Waals surface area contributed by atoms with E-state index in [1.165, 1.54) is 6.42 Å². The fourth-order valence-corrected chi connectivity index (χ4v) is 2.49. The van der Waals surface area contributed by atoms with E-state index in [1.807, 2.05) is 0 Å². The molecule has 0 aromatic carbocycles. The monoisotopic (exact) mass is 140 g/mol. The first-order valence-electron chi connectivity index (χ1n) is 4.64. The molecular weight excluding hydrogens is 127 g/mol. The average molecular weight is 140 g/mol. The van der Waals surface area contributed by atoms with E-state index in [9.17, 15) is 0 Å². The fraction of sp³-hybridized carbons (Fsp3) is 0.600. The maximum absolute atomic E-state index is 2.39. The summed E-state index contributed by atoms with van der Waals surface area (Å²) in [5.41, 5.74) is 0. The van der Waals surface area contributed by atoms with Gasteiger partial charge in [-0.15, -0.1) is 0 Å². The van der Waals surface area contributed by atoms with Crippen molar-refractivity contribution in [1.82, 2.24) is 0 Å². The molecule has 11 heavy (non-hydrogen) atoms. The Balaban J connectivity index is 2.20. The molecule has 0 heterocycles. The number of hydrogen-bond acceptors (Lipinski definition) is 0. The van der Waals surface area contributed by atoms with E-state index in [0.717, 1.165) is 22.3 Å². The second kappa shape index (κ2) is 2.85. The molecule has 0 N–H and O–H groups in total. The van der Waals surface area contributed by atoms with Crippen LogP contribution in [0.15, 0.2) is 24.3 Å². The van der Waals surface area contributed by atoms with E-state index in [4.69, 9.17) is 0 Å². The minimum atomic E-state index is 0.843. The van der Waals surface area contributed by atoms with Gasteiger partial charge in [0.05, 0.1) is 0 Å². The summed E-state index contributed by atoms with van der Waals surface area (Å²) in [6, 6.07) is 0. The minimum absolute atomic E-state index is 0.843. The van der Waals surface area contributed by atoms with Crippen molar-refractivity contribution in [2.24, 2.45) is 17.8 Å². The van der Waals surface area contributed by atoms with E-state index in [-0.39, 0.29) is 0 Å². The topological polar surface area (TPSA) is 0 Å². The van der Waals surface area contributed by atoms with Gasteiger partial charge in [-0.25, -0.2) is 0 Å². The first-order valence-corrected chi connectivity index (χ1v) is 4.64. The molecule has 0 radical (unpaired) electrons. The molecule has 0 amide bonds. The van der Waals surface area contributed by atoms with Crippen LogP contribution in [-0.4, -0.2) is 17.7 Å². The summed E-state index contributed by atoms with van der Waals surface area (Å²) in [5.74, 6) is 2.61. The molecule has 54 valence electrons. The molecular formula is C10H13Li. The van der Waals surface area contributed by atoms with Gasteiger partial charge < -0.3 is 0 Å². The van der Waals surface area contributed by atoms with Gasteiger partial charge in [-0.1, -0.05) is 0 Å². The quantitative estimate of drug-likeness (QED) is 0.453. The maximum atomic E-state index is 2.39.